The van der Waals surface area contributed by atoms with Crippen LogP contribution in [0.3, 0.4) is 0 Å². The zero-order valence-corrected chi connectivity index (χ0v) is 9.66. The lowest BCUT2D eigenvalue weighted by atomic mass is 10.2. The van der Waals surface area contributed by atoms with E-state index in [1.165, 1.54) is 11.3 Å². The van der Waals surface area contributed by atoms with Crippen molar-refractivity contribution in [1.29, 1.82) is 0 Å². The molecule has 0 radical (unpaired) electrons. The Morgan fingerprint density at radius 3 is 2.62 bits per heavy atom. The van der Waals surface area contributed by atoms with Gasteiger partial charge in [0.25, 0.3) is 0 Å². The van der Waals surface area contributed by atoms with Crippen molar-refractivity contribution in [3.05, 3.63) is 52.0 Å². The molecule has 0 aliphatic carbocycles. The molecule has 1 unspecified atom stereocenters. The summed E-state index contributed by atoms with van der Waals surface area (Å²) in [5.41, 5.74) is 0.969. The lowest BCUT2D eigenvalue weighted by Gasteiger charge is -1.94. The van der Waals surface area contributed by atoms with Crippen LogP contribution >= 0.6 is 11.3 Å². The van der Waals surface area contributed by atoms with Crippen LogP contribution < -0.4 is 0 Å². The van der Waals surface area contributed by atoms with Crippen LogP contribution in [0.15, 0.2) is 36.5 Å². The highest BCUT2D eigenvalue weighted by Gasteiger charge is 2.04. The summed E-state index contributed by atoms with van der Waals surface area (Å²) in [7, 11) is 0. The molecule has 2 nitrogen and oxygen atoms in total. The molecule has 0 saturated carbocycles. The second-order valence-electron chi connectivity index (χ2n) is 3.36. The van der Waals surface area contributed by atoms with E-state index in [0.29, 0.717) is 0 Å². The monoisotopic (exact) mass is 229 g/mol. The van der Waals surface area contributed by atoms with E-state index in [-0.39, 0.29) is 0 Å². The summed E-state index contributed by atoms with van der Waals surface area (Å²) in [6.07, 6.45) is 1.20. The fourth-order valence-corrected chi connectivity index (χ4v) is 1.89. The van der Waals surface area contributed by atoms with Crippen molar-refractivity contribution in [1.82, 2.24) is 4.98 Å². The predicted molar refractivity (Wildman–Crippen MR) is 65.2 cm³/mol. The Morgan fingerprint density at radius 2 is 2.00 bits per heavy atom. The number of aromatic nitrogens is 1. The van der Waals surface area contributed by atoms with Gasteiger partial charge in [0, 0.05) is 11.8 Å². The molecule has 1 atom stereocenters. The van der Waals surface area contributed by atoms with Crippen molar-refractivity contribution in [2.75, 3.05) is 0 Å². The molecule has 80 valence electrons. The molecule has 0 fully saturated rings. The van der Waals surface area contributed by atoms with Crippen molar-refractivity contribution < 1.29 is 5.11 Å². The molecular formula is C13H11NOS. The third kappa shape index (κ3) is 2.69. The van der Waals surface area contributed by atoms with Crippen molar-refractivity contribution in [3.8, 4) is 11.8 Å². The summed E-state index contributed by atoms with van der Waals surface area (Å²) < 4.78 is 0. The lowest BCUT2D eigenvalue weighted by Crippen LogP contribution is -1.83. The van der Waals surface area contributed by atoms with Crippen LogP contribution in [0.1, 0.15) is 28.5 Å². The molecule has 0 amide bonds. The van der Waals surface area contributed by atoms with Gasteiger partial charge in [0.05, 0.1) is 11.0 Å². The molecule has 1 aromatic heterocycles. The second-order valence-corrected chi connectivity index (χ2v) is 4.42. The van der Waals surface area contributed by atoms with Gasteiger partial charge in [0.1, 0.15) is 0 Å². The minimum Gasteiger partial charge on any atom is -0.388 e. The van der Waals surface area contributed by atoms with Crippen LogP contribution in [0.25, 0.3) is 0 Å². The van der Waals surface area contributed by atoms with E-state index in [2.05, 4.69) is 16.8 Å². The van der Waals surface area contributed by atoms with Gasteiger partial charge >= 0.3 is 0 Å². The summed E-state index contributed by atoms with van der Waals surface area (Å²) in [6.45, 7) is 1.72. The lowest BCUT2D eigenvalue weighted by molar-refractivity contribution is 0.203. The highest BCUT2D eigenvalue weighted by atomic mass is 32.1. The normalized spacial score (nSPS) is 11.6. The first-order valence-electron chi connectivity index (χ1n) is 4.96. The maximum Gasteiger partial charge on any atom is 0.167 e. The molecule has 0 aliphatic rings. The molecule has 0 spiro atoms. The quantitative estimate of drug-likeness (QED) is 0.762. The minimum absolute atomic E-state index is 0.468. The molecule has 1 heterocycles. The smallest absolute Gasteiger partial charge is 0.167 e. The van der Waals surface area contributed by atoms with E-state index in [1.54, 1.807) is 13.1 Å². The van der Waals surface area contributed by atoms with E-state index >= 15 is 0 Å². The Morgan fingerprint density at radius 1 is 1.25 bits per heavy atom. The first kappa shape index (κ1) is 10.9. The Bertz CT molecular complexity index is 520. The molecule has 1 N–H and O–H groups in total. The number of thiazole rings is 1. The maximum atomic E-state index is 9.34. The van der Waals surface area contributed by atoms with Gasteiger partial charge in [-0.2, -0.15) is 0 Å². The van der Waals surface area contributed by atoms with Gasteiger partial charge in [-0.3, -0.25) is 0 Å². The highest BCUT2D eigenvalue weighted by molar-refractivity contribution is 7.12. The van der Waals surface area contributed by atoms with Crippen molar-refractivity contribution in [3.63, 3.8) is 0 Å². The molecular weight excluding hydrogens is 218 g/mol. The van der Waals surface area contributed by atoms with E-state index in [0.717, 1.165) is 15.4 Å². The maximum absolute atomic E-state index is 9.34. The van der Waals surface area contributed by atoms with Crippen LogP contribution in [-0.4, -0.2) is 10.1 Å². The summed E-state index contributed by atoms with van der Waals surface area (Å²) >= 11 is 1.43. The molecule has 0 bridgehead atoms. The van der Waals surface area contributed by atoms with Crippen LogP contribution in [0.4, 0.5) is 0 Å². The SMILES string of the molecule is CC(O)c1cnc(C#Cc2ccccc2)s1. The van der Waals surface area contributed by atoms with Crippen molar-refractivity contribution in [2.24, 2.45) is 0 Å². The summed E-state index contributed by atoms with van der Waals surface area (Å²) in [5, 5.41) is 10.1. The third-order valence-electron chi connectivity index (χ3n) is 2.02. The molecule has 0 saturated heterocycles. The Hall–Kier alpha value is -1.63. The zero-order chi connectivity index (χ0) is 11.4. The first-order chi connectivity index (χ1) is 7.75. The fourth-order valence-electron chi connectivity index (χ4n) is 1.18. The van der Waals surface area contributed by atoms with Crippen LogP contribution in [-0.2, 0) is 0 Å². The second kappa shape index (κ2) is 4.93. The van der Waals surface area contributed by atoms with E-state index in [1.807, 2.05) is 30.3 Å². The number of hydrogen-bond acceptors (Lipinski definition) is 3. The molecule has 3 heteroatoms. The van der Waals surface area contributed by atoms with E-state index < -0.39 is 6.10 Å². The number of rotatable bonds is 1. The molecule has 2 rings (SSSR count). The van der Waals surface area contributed by atoms with Gasteiger partial charge in [0.15, 0.2) is 5.01 Å². The predicted octanol–water partition coefficient (Wildman–Crippen LogP) is 2.60. The van der Waals surface area contributed by atoms with E-state index in [9.17, 15) is 5.11 Å². The van der Waals surface area contributed by atoms with Gasteiger partial charge in [-0.25, -0.2) is 4.98 Å². The Labute approximate surface area is 98.6 Å². The van der Waals surface area contributed by atoms with Gasteiger partial charge in [-0.15, -0.1) is 11.3 Å². The minimum atomic E-state index is -0.468. The van der Waals surface area contributed by atoms with Crippen molar-refractivity contribution in [2.45, 2.75) is 13.0 Å². The molecule has 2 aromatic rings. The average Bonchev–Trinajstić information content (AvgIpc) is 2.76. The molecule has 16 heavy (non-hydrogen) atoms. The van der Waals surface area contributed by atoms with Gasteiger partial charge < -0.3 is 5.11 Å². The fraction of sp³-hybridized carbons (Fsp3) is 0.154. The number of benzene rings is 1. The van der Waals surface area contributed by atoms with Gasteiger partial charge in [0.2, 0.25) is 0 Å². The number of hydrogen-bond donors (Lipinski definition) is 1. The number of nitrogens with zero attached hydrogens (tertiary/aromatic N) is 1. The third-order valence-corrected chi connectivity index (χ3v) is 3.11. The van der Waals surface area contributed by atoms with Gasteiger partial charge in [-0.05, 0) is 25.0 Å². The molecule has 0 aliphatic heterocycles. The topological polar surface area (TPSA) is 33.1 Å². The van der Waals surface area contributed by atoms with Crippen LogP contribution in [0, 0.1) is 11.8 Å². The summed E-state index contributed by atoms with van der Waals surface area (Å²) in [4.78, 5) is 4.98. The van der Waals surface area contributed by atoms with Gasteiger partial charge in [-0.1, -0.05) is 24.1 Å². The number of aliphatic hydroxyl groups is 1. The highest BCUT2D eigenvalue weighted by Crippen LogP contribution is 2.19. The van der Waals surface area contributed by atoms with Crippen LogP contribution in [0.2, 0.25) is 0 Å². The Kier molecular flexibility index (Phi) is 3.35. The summed E-state index contributed by atoms with van der Waals surface area (Å²) in [5.74, 6) is 6.01. The van der Waals surface area contributed by atoms with Crippen LogP contribution in [0.5, 0.6) is 0 Å². The Balaban J connectivity index is 2.18. The summed E-state index contributed by atoms with van der Waals surface area (Å²) in [6, 6.07) is 9.77. The first-order valence-corrected chi connectivity index (χ1v) is 5.78. The zero-order valence-electron chi connectivity index (χ0n) is 8.84. The van der Waals surface area contributed by atoms with Crippen molar-refractivity contribution >= 4 is 11.3 Å². The molecule has 1 aromatic carbocycles. The largest absolute Gasteiger partial charge is 0.388 e. The standard InChI is InChI=1S/C13H11NOS/c1-10(15)12-9-14-13(16-12)8-7-11-5-3-2-4-6-11/h2-6,9-10,15H,1H3. The number of aliphatic hydroxyl groups excluding tert-OH is 1. The van der Waals surface area contributed by atoms with E-state index in [4.69, 9.17) is 0 Å². The average molecular weight is 229 g/mol.